The number of carbonyl (C=O) groups excluding carboxylic acids is 2. The summed E-state index contributed by atoms with van der Waals surface area (Å²) in [6.07, 6.45) is 8.36. The lowest BCUT2D eigenvalue weighted by Gasteiger charge is -2.15. The molecule has 2 fully saturated rings. The number of aromatic nitrogens is 2. The second-order valence-corrected chi connectivity index (χ2v) is 14.6. The van der Waals surface area contributed by atoms with Crippen LogP contribution in [0.4, 0.5) is 0 Å². The summed E-state index contributed by atoms with van der Waals surface area (Å²) in [6, 6.07) is 15.7. The molecule has 3 aromatic rings. The Kier molecular flexibility index (Phi) is 11.1. The van der Waals surface area contributed by atoms with Gasteiger partial charge in [0.1, 0.15) is 11.4 Å². The van der Waals surface area contributed by atoms with Crippen molar-refractivity contribution < 1.29 is 18.0 Å². The Morgan fingerprint density at radius 2 is 1.26 bits per heavy atom. The maximum atomic E-state index is 12.6. The fourth-order valence-electron chi connectivity index (χ4n) is 5.29. The number of nitrogens with zero attached hydrogens (tertiary/aromatic N) is 4. The van der Waals surface area contributed by atoms with Crippen molar-refractivity contribution in [3.05, 3.63) is 83.4 Å². The molecule has 0 saturated carbocycles. The third-order valence-corrected chi connectivity index (χ3v) is 10.5. The van der Waals surface area contributed by atoms with Gasteiger partial charge in [-0.3, -0.25) is 19.6 Å². The summed E-state index contributed by atoms with van der Waals surface area (Å²) < 4.78 is 24.1. The van der Waals surface area contributed by atoms with Crippen LogP contribution in [0.3, 0.4) is 0 Å². The van der Waals surface area contributed by atoms with Gasteiger partial charge in [-0.15, -0.1) is 0 Å². The van der Waals surface area contributed by atoms with E-state index in [0.29, 0.717) is 17.8 Å². The van der Waals surface area contributed by atoms with E-state index in [9.17, 15) is 18.0 Å². The molecule has 0 spiro atoms. The molecular weight excluding hydrogens is 560 g/mol. The molecule has 2 saturated heterocycles. The molecule has 1 atom stereocenters. The minimum atomic E-state index is -3.02. The molecule has 9 heteroatoms. The molecule has 2 aromatic heterocycles. The zero-order valence-electron chi connectivity index (χ0n) is 25.8. The lowest BCUT2D eigenvalue weighted by Crippen LogP contribution is -2.28. The molecule has 230 valence electrons. The highest BCUT2D eigenvalue weighted by Gasteiger charge is 2.22. The fourth-order valence-corrected chi connectivity index (χ4v) is 6.45. The van der Waals surface area contributed by atoms with E-state index < -0.39 is 9.84 Å². The molecular formula is C34H44N4O4S. The molecule has 0 bridgehead atoms. The van der Waals surface area contributed by atoms with Crippen LogP contribution in [0.2, 0.25) is 0 Å². The Morgan fingerprint density at radius 3 is 1.77 bits per heavy atom. The van der Waals surface area contributed by atoms with Gasteiger partial charge in [0.25, 0.3) is 11.8 Å². The van der Waals surface area contributed by atoms with Gasteiger partial charge < -0.3 is 9.80 Å². The molecule has 2 amide bonds. The molecule has 8 nitrogen and oxygen atoms in total. The molecule has 43 heavy (non-hydrogen) atoms. The third-order valence-electron chi connectivity index (χ3n) is 8.27. The summed E-state index contributed by atoms with van der Waals surface area (Å²) >= 11 is 0. The van der Waals surface area contributed by atoms with Gasteiger partial charge in [-0.05, 0) is 105 Å². The minimum Gasteiger partial charge on any atom is -0.337 e. The van der Waals surface area contributed by atoms with Crippen molar-refractivity contribution in [3.63, 3.8) is 0 Å². The van der Waals surface area contributed by atoms with E-state index in [-0.39, 0.29) is 28.7 Å². The second-order valence-electron chi connectivity index (χ2n) is 11.9. The monoisotopic (exact) mass is 604 g/mol. The molecule has 0 aliphatic carbocycles. The highest BCUT2D eigenvalue weighted by Crippen LogP contribution is 2.26. The number of sulfone groups is 1. The number of hydrogen-bond acceptors (Lipinski definition) is 6. The van der Waals surface area contributed by atoms with E-state index >= 15 is 0 Å². The normalized spacial score (nSPS) is 15.7. The number of likely N-dealkylation sites (tertiary alicyclic amines) is 2. The van der Waals surface area contributed by atoms with E-state index in [0.717, 1.165) is 74.1 Å². The molecule has 1 aromatic carbocycles. The first-order valence-corrected chi connectivity index (χ1v) is 17.1. The molecule has 5 rings (SSSR count). The summed E-state index contributed by atoms with van der Waals surface area (Å²) in [4.78, 5) is 36.6. The van der Waals surface area contributed by atoms with E-state index in [1.54, 1.807) is 26.2 Å². The zero-order chi connectivity index (χ0) is 31.0. The first kappa shape index (κ1) is 32.3. The number of pyridine rings is 2. The highest BCUT2D eigenvalue weighted by atomic mass is 32.2. The number of amides is 2. The van der Waals surface area contributed by atoms with E-state index in [2.05, 4.69) is 16.9 Å². The van der Waals surface area contributed by atoms with Crippen molar-refractivity contribution in [1.82, 2.24) is 19.8 Å². The molecule has 0 unspecified atom stereocenters. The van der Waals surface area contributed by atoms with Crippen LogP contribution in [0.5, 0.6) is 0 Å². The van der Waals surface area contributed by atoms with Gasteiger partial charge in [0, 0.05) is 38.6 Å². The van der Waals surface area contributed by atoms with Crippen LogP contribution >= 0.6 is 0 Å². The number of rotatable bonds is 8. The number of aryl methyl sites for hydroxylation is 1. The summed E-state index contributed by atoms with van der Waals surface area (Å²) in [5, 5.41) is -0.332. The predicted molar refractivity (Wildman–Crippen MR) is 171 cm³/mol. The van der Waals surface area contributed by atoms with Gasteiger partial charge in [0.2, 0.25) is 0 Å². The van der Waals surface area contributed by atoms with Crippen molar-refractivity contribution >= 4 is 21.7 Å². The summed E-state index contributed by atoms with van der Waals surface area (Å²) in [5.41, 5.74) is 5.25. The Bertz CT molecular complexity index is 1490. The molecule has 0 N–H and O–H groups in total. The maximum Gasteiger partial charge on any atom is 0.272 e. The quantitative estimate of drug-likeness (QED) is 0.316. The molecule has 2 aliphatic rings. The fraction of sp³-hybridized carbons (Fsp3) is 0.471. The SMILES string of the molecule is CC(C)S(=O)(=O)CC[C@H](C)c1ccc(-c2ccnc(C(=O)N3CCCC3)c2)cc1.Cc1ccnc(C(=O)N2CCCC2)c1. The van der Waals surface area contributed by atoms with Crippen LogP contribution in [0.25, 0.3) is 11.1 Å². The average Bonchev–Trinajstić information content (AvgIpc) is 3.75. The molecule has 0 radical (unpaired) electrons. The van der Waals surface area contributed by atoms with E-state index in [1.807, 2.05) is 65.3 Å². The smallest absolute Gasteiger partial charge is 0.272 e. The van der Waals surface area contributed by atoms with Gasteiger partial charge in [0.15, 0.2) is 9.84 Å². The zero-order valence-corrected chi connectivity index (χ0v) is 26.6. The Balaban J connectivity index is 0.000000251. The van der Waals surface area contributed by atoms with E-state index in [1.165, 1.54) is 0 Å². The first-order valence-electron chi connectivity index (χ1n) is 15.3. The van der Waals surface area contributed by atoms with Crippen molar-refractivity contribution in [2.75, 3.05) is 31.9 Å². The Hall–Kier alpha value is -3.59. The van der Waals surface area contributed by atoms with Crippen LogP contribution in [-0.2, 0) is 9.84 Å². The average molecular weight is 605 g/mol. The lowest BCUT2D eigenvalue weighted by atomic mass is 9.96. The van der Waals surface area contributed by atoms with Crippen molar-refractivity contribution in [2.24, 2.45) is 0 Å². The minimum absolute atomic E-state index is 0.000884. The van der Waals surface area contributed by atoms with Gasteiger partial charge in [0.05, 0.1) is 11.0 Å². The van der Waals surface area contributed by atoms with Gasteiger partial charge in [-0.25, -0.2) is 8.42 Å². The maximum absolute atomic E-state index is 12.6. The Labute approximate surface area is 256 Å². The van der Waals surface area contributed by atoms with Crippen LogP contribution in [0, 0.1) is 6.92 Å². The summed E-state index contributed by atoms with van der Waals surface area (Å²) in [6.45, 7) is 10.9. The largest absolute Gasteiger partial charge is 0.337 e. The van der Waals surface area contributed by atoms with Crippen molar-refractivity contribution in [1.29, 1.82) is 0 Å². The number of carbonyl (C=O) groups is 2. The Morgan fingerprint density at radius 1 is 0.744 bits per heavy atom. The predicted octanol–water partition coefficient (Wildman–Crippen LogP) is 5.93. The summed E-state index contributed by atoms with van der Waals surface area (Å²) in [7, 11) is -3.02. The van der Waals surface area contributed by atoms with Crippen LogP contribution < -0.4 is 0 Å². The number of benzene rings is 1. The molecule has 4 heterocycles. The molecule has 2 aliphatic heterocycles. The second kappa shape index (κ2) is 14.7. The topological polar surface area (TPSA) is 101 Å². The number of hydrogen-bond donors (Lipinski definition) is 0. The standard InChI is InChI=1S/C23H30N2O3S.C11H14N2O/c1-17(2)29(27,28)15-11-18(3)19-6-8-20(9-7-19)21-10-12-24-22(16-21)23(26)25-13-4-5-14-25;1-9-4-5-12-10(8-9)11(14)13-6-2-3-7-13/h6-10,12,16-18H,4-5,11,13-15H2,1-3H3;4-5,8H,2-3,6-7H2,1H3/t18-;/m0./s1. The lowest BCUT2D eigenvalue weighted by molar-refractivity contribution is 0.0779. The summed E-state index contributed by atoms with van der Waals surface area (Å²) in [5.74, 6) is 0.453. The van der Waals surface area contributed by atoms with E-state index in [4.69, 9.17) is 0 Å². The van der Waals surface area contributed by atoms with Crippen LogP contribution in [-0.4, -0.2) is 77.2 Å². The van der Waals surface area contributed by atoms with Gasteiger partial charge in [-0.2, -0.15) is 0 Å². The van der Waals surface area contributed by atoms with Gasteiger partial charge >= 0.3 is 0 Å². The van der Waals surface area contributed by atoms with Crippen LogP contribution in [0.1, 0.15) is 90.9 Å². The van der Waals surface area contributed by atoms with Crippen molar-refractivity contribution in [2.45, 2.75) is 71.0 Å². The first-order chi connectivity index (χ1) is 20.5. The van der Waals surface area contributed by atoms with Crippen molar-refractivity contribution in [3.8, 4) is 11.1 Å². The van der Waals surface area contributed by atoms with Crippen LogP contribution in [0.15, 0.2) is 60.9 Å². The third kappa shape index (κ3) is 8.72. The van der Waals surface area contributed by atoms with Gasteiger partial charge in [-0.1, -0.05) is 31.2 Å². The highest BCUT2D eigenvalue weighted by molar-refractivity contribution is 7.91.